The summed E-state index contributed by atoms with van der Waals surface area (Å²) < 4.78 is 11.6. The molecule has 0 amide bonds. The molecular weight excluding hydrogens is 322 g/mol. The van der Waals surface area contributed by atoms with Gasteiger partial charge in [-0.2, -0.15) is 0 Å². The van der Waals surface area contributed by atoms with E-state index in [-0.39, 0.29) is 5.97 Å². The lowest BCUT2D eigenvalue weighted by atomic mass is 10.2. The minimum Gasteiger partial charge on any atom is -0.479 e. The first-order chi connectivity index (χ1) is 9.43. The SMILES string of the molecule is CCOC(=O)C(C)Oc1ccc(Br)cc1CNC(C)C. The number of ether oxygens (including phenoxy) is 2. The molecule has 0 aromatic heterocycles. The highest BCUT2D eigenvalue weighted by Crippen LogP contribution is 2.24. The summed E-state index contributed by atoms with van der Waals surface area (Å²) in [4.78, 5) is 11.6. The highest BCUT2D eigenvalue weighted by atomic mass is 79.9. The second-order valence-corrected chi connectivity index (χ2v) is 5.72. The quantitative estimate of drug-likeness (QED) is 0.771. The van der Waals surface area contributed by atoms with E-state index in [1.807, 2.05) is 18.2 Å². The molecule has 0 aliphatic rings. The standard InChI is InChI=1S/C15H22BrNO3/c1-5-19-15(18)11(4)20-14-7-6-13(16)8-12(14)9-17-10(2)3/h6-8,10-11,17H,5,9H2,1-4H3. The Morgan fingerprint density at radius 3 is 2.65 bits per heavy atom. The van der Waals surface area contributed by atoms with Crippen LogP contribution in [0.25, 0.3) is 0 Å². The number of halogens is 1. The van der Waals surface area contributed by atoms with E-state index in [1.54, 1.807) is 13.8 Å². The van der Waals surface area contributed by atoms with Crippen LogP contribution in [0.2, 0.25) is 0 Å². The average Bonchev–Trinajstić information content (AvgIpc) is 2.39. The maximum absolute atomic E-state index is 11.6. The maximum atomic E-state index is 11.6. The summed E-state index contributed by atoms with van der Waals surface area (Å²) in [5, 5.41) is 3.34. The molecule has 5 heteroatoms. The number of rotatable bonds is 7. The average molecular weight is 344 g/mol. The van der Waals surface area contributed by atoms with Crippen molar-refractivity contribution in [2.45, 2.75) is 46.4 Å². The molecule has 0 saturated heterocycles. The fourth-order valence-electron chi connectivity index (χ4n) is 1.61. The zero-order valence-corrected chi connectivity index (χ0v) is 14.0. The molecule has 0 radical (unpaired) electrons. The summed E-state index contributed by atoms with van der Waals surface area (Å²) in [6, 6.07) is 6.12. The van der Waals surface area contributed by atoms with E-state index >= 15 is 0 Å². The second kappa shape index (κ2) is 8.27. The first kappa shape index (κ1) is 17.0. The van der Waals surface area contributed by atoms with Gasteiger partial charge in [0.15, 0.2) is 6.10 Å². The number of carbonyl (C=O) groups excluding carboxylic acids is 1. The first-order valence-corrected chi connectivity index (χ1v) is 7.58. The van der Waals surface area contributed by atoms with Crippen molar-refractivity contribution in [3.8, 4) is 5.75 Å². The van der Waals surface area contributed by atoms with Gasteiger partial charge in [-0.1, -0.05) is 29.8 Å². The van der Waals surface area contributed by atoms with Crippen LogP contribution in [-0.4, -0.2) is 24.7 Å². The summed E-state index contributed by atoms with van der Waals surface area (Å²) in [5.74, 6) is 0.347. The molecule has 1 atom stereocenters. The van der Waals surface area contributed by atoms with Gasteiger partial charge in [-0.3, -0.25) is 0 Å². The van der Waals surface area contributed by atoms with Crippen LogP contribution in [0, 0.1) is 0 Å². The Morgan fingerprint density at radius 2 is 2.05 bits per heavy atom. The largest absolute Gasteiger partial charge is 0.479 e. The van der Waals surface area contributed by atoms with Crippen LogP contribution in [0.5, 0.6) is 5.75 Å². The molecule has 0 aliphatic heterocycles. The predicted molar refractivity (Wildman–Crippen MR) is 82.8 cm³/mol. The van der Waals surface area contributed by atoms with Gasteiger partial charge in [-0.05, 0) is 32.0 Å². The Hall–Kier alpha value is -1.07. The molecule has 0 heterocycles. The van der Waals surface area contributed by atoms with Crippen LogP contribution < -0.4 is 10.1 Å². The van der Waals surface area contributed by atoms with E-state index in [4.69, 9.17) is 9.47 Å². The van der Waals surface area contributed by atoms with Gasteiger partial charge >= 0.3 is 5.97 Å². The third kappa shape index (κ3) is 5.51. The predicted octanol–water partition coefficient (Wildman–Crippen LogP) is 3.28. The molecule has 0 aliphatic carbocycles. The van der Waals surface area contributed by atoms with Crippen molar-refractivity contribution >= 4 is 21.9 Å². The number of hydrogen-bond donors (Lipinski definition) is 1. The van der Waals surface area contributed by atoms with Crippen molar-refractivity contribution in [1.29, 1.82) is 0 Å². The maximum Gasteiger partial charge on any atom is 0.347 e. The zero-order chi connectivity index (χ0) is 15.1. The van der Waals surface area contributed by atoms with Crippen LogP contribution in [0.1, 0.15) is 33.3 Å². The lowest BCUT2D eigenvalue weighted by Crippen LogP contribution is -2.27. The van der Waals surface area contributed by atoms with Gasteiger partial charge in [0.2, 0.25) is 0 Å². The van der Waals surface area contributed by atoms with Crippen molar-refractivity contribution in [2.24, 2.45) is 0 Å². The van der Waals surface area contributed by atoms with E-state index < -0.39 is 6.10 Å². The first-order valence-electron chi connectivity index (χ1n) is 6.79. The molecule has 112 valence electrons. The lowest BCUT2D eigenvalue weighted by Gasteiger charge is -2.17. The Morgan fingerprint density at radius 1 is 1.35 bits per heavy atom. The monoisotopic (exact) mass is 343 g/mol. The van der Waals surface area contributed by atoms with Crippen LogP contribution in [0.3, 0.4) is 0 Å². The second-order valence-electron chi connectivity index (χ2n) is 4.80. The molecule has 0 fully saturated rings. The summed E-state index contributed by atoms with van der Waals surface area (Å²) in [6.45, 7) is 8.68. The number of benzene rings is 1. The lowest BCUT2D eigenvalue weighted by molar-refractivity contribution is -0.150. The van der Waals surface area contributed by atoms with Gasteiger partial charge in [0.1, 0.15) is 5.75 Å². The van der Waals surface area contributed by atoms with E-state index in [2.05, 4.69) is 35.1 Å². The van der Waals surface area contributed by atoms with Crippen molar-refractivity contribution in [2.75, 3.05) is 6.61 Å². The Bertz CT molecular complexity index is 449. The van der Waals surface area contributed by atoms with E-state index in [0.717, 1.165) is 10.0 Å². The number of carbonyl (C=O) groups is 1. The number of esters is 1. The van der Waals surface area contributed by atoms with E-state index in [0.29, 0.717) is 24.9 Å². The molecule has 4 nitrogen and oxygen atoms in total. The normalized spacial score (nSPS) is 12.3. The van der Waals surface area contributed by atoms with Crippen LogP contribution >= 0.6 is 15.9 Å². The van der Waals surface area contributed by atoms with Gasteiger partial charge in [-0.25, -0.2) is 4.79 Å². The molecule has 1 aromatic carbocycles. The van der Waals surface area contributed by atoms with Crippen molar-refractivity contribution in [1.82, 2.24) is 5.32 Å². The summed E-state index contributed by atoms with van der Waals surface area (Å²) >= 11 is 3.45. The van der Waals surface area contributed by atoms with Gasteiger partial charge < -0.3 is 14.8 Å². The fourth-order valence-corrected chi connectivity index (χ4v) is 2.02. The van der Waals surface area contributed by atoms with Crippen molar-refractivity contribution in [3.05, 3.63) is 28.2 Å². The minimum absolute atomic E-state index is 0.349. The third-order valence-corrected chi connectivity index (χ3v) is 3.14. The fraction of sp³-hybridized carbons (Fsp3) is 0.533. The molecule has 0 spiro atoms. The zero-order valence-electron chi connectivity index (χ0n) is 12.4. The Balaban J connectivity index is 2.80. The number of nitrogens with one attached hydrogen (secondary N) is 1. The van der Waals surface area contributed by atoms with Gasteiger partial charge in [0, 0.05) is 22.6 Å². The molecule has 1 unspecified atom stereocenters. The highest BCUT2D eigenvalue weighted by Gasteiger charge is 2.17. The van der Waals surface area contributed by atoms with E-state index in [1.165, 1.54) is 0 Å². The smallest absolute Gasteiger partial charge is 0.347 e. The minimum atomic E-state index is -0.617. The van der Waals surface area contributed by atoms with Gasteiger partial charge in [0.25, 0.3) is 0 Å². The number of hydrogen-bond acceptors (Lipinski definition) is 4. The van der Waals surface area contributed by atoms with Crippen LogP contribution in [-0.2, 0) is 16.1 Å². The van der Waals surface area contributed by atoms with Crippen LogP contribution in [0.15, 0.2) is 22.7 Å². The molecule has 1 rings (SSSR count). The van der Waals surface area contributed by atoms with Gasteiger partial charge in [-0.15, -0.1) is 0 Å². The molecule has 20 heavy (non-hydrogen) atoms. The molecule has 1 N–H and O–H groups in total. The third-order valence-electron chi connectivity index (χ3n) is 2.65. The summed E-state index contributed by atoms with van der Waals surface area (Å²) in [6.07, 6.45) is -0.617. The van der Waals surface area contributed by atoms with Crippen molar-refractivity contribution in [3.63, 3.8) is 0 Å². The van der Waals surface area contributed by atoms with Gasteiger partial charge in [0.05, 0.1) is 6.61 Å². The van der Waals surface area contributed by atoms with Crippen molar-refractivity contribution < 1.29 is 14.3 Å². The van der Waals surface area contributed by atoms with E-state index in [9.17, 15) is 4.79 Å². The summed E-state index contributed by atoms with van der Waals surface area (Å²) in [7, 11) is 0. The van der Waals surface area contributed by atoms with Crippen LogP contribution in [0.4, 0.5) is 0 Å². The highest BCUT2D eigenvalue weighted by molar-refractivity contribution is 9.10. The molecule has 0 bridgehead atoms. The Kier molecular flexibility index (Phi) is 7.02. The summed E-state index contributed by atoms with van der Waals surface area (Å²) in [5.41, 5.74) is 1.00. The molecule has 1 aromatic rings. The molecule has 0 saturated carbocycles. The topological polar surface area (TPSA) is 47.6 Å². The Labute approximate surface area is 129 Å². The molecular formula is C15H22BrNO3.